The van der Waals surface area contributed by atoms with Crippen molar-refractivity contribution in [2.75, 3.05) is 12.4 Å². The van der Waals surface area contributed by atoms with Gasteiger partial charge in [0.05, 0.1) is 12.5 Å². The molecule has 1 aromatic rings. The minimum Gasteiger partial charge on any atom is -0.468 e. The van der Waals surface area contributed by atoms with Gasteiger partial charge in [0.15, 0.2) is 0 Å². The van der Waals surface area contributed by atoms with Crippen LogP contribution in [0.3, 0.4) is 0 Å². The first kappa shape index (κ1) is 15.4. The number of carbonyl (C=O) groups is 2. The van der Waals surface area contributed by atoms with Crippen molar-refractivity contribution in [3.63, 3.8) is 0 Å². The Labute approximate surface area is 124 Å². The number of esters is 1. The zero-order valence-electron chi connectivity index (χ0n) is 12.9. The molecule has 1 N–H and O–H groups in total. The first-order chi connectivity index (χ1) is 9.77. The molecule has 0 bridgehead atoms. The van der Waals surface area contributed by atoms with E-state index in [1.807, 2.05) is 12.1 Å². The second-order valence-corrected chi connectivity index (χ2v) is 6.28. The van der Waals surface area contributed by atoms with Crippen molar-refractivity contribution in [3.05, 3.63) is 29.8 Å². The van der Waals surface area contributed by atoms with Crippen molar-refractivity contribution in [1.29, 1.82) is 0 Å². The highest BCUT2D eigenvalue weighted by Crippen LogP contribution is 2.49. The number of hydrogen-bond donors (Lipinski definition) is 1. The summed E-state index contributed by atoms with van der Waals surface area (Å²) in [5.41, 5.74) is 0.381. The topological polar surface area (TPSA) is 64.6 Å². The minimum absolute atomic E-state index is 0.225. The third-order valence-corrected chi connectivity index (χ3v) is 3.39. The number of anilines is 1. The molecule has 0 unspecified atom stereocenters. The molecular weight excluding hydrogens is 270 g/mol. The van der Waals surface area contributed by atoms with Crippen LogP contribution >= 0.6 is 0 Å². The van der Waals surface area contributed by atoms with E-state index in [9.17, 15) is 9.59 Å². The van der Waals surface area contributed by atoms with Gasteiger partial charge in [0.2, 0.25) is 0 Å². The van der Waals surface area contributed by atoms with Crippen LogP contribution in [0.4, 0.5) is 10.5 Å². The van der Waals surface area contributed by atoms with E-state index in [1.54, 1.807) is 32.9 Å². The summed E-state index contributed by atoms with van der Waals surface area (Å²) in [7, 11) is 1.39. The molecule has 114 valence electrons. The summed E-state index contributed by atoms with van der Waals surface area (Å²) in [6.07, 6.45) is 1.04. The van der Waals surface area contributed by atoms with E-state index in [-0.39, 0.29) is 5.97 Å². The SMILES string of the molecule is COC(=O)C1(c2cccc(NC(=O)OC(C)(C)C)c2)CC1. The average molecular weight is 291 g/mol. The molecule has 5 heteroatoms. The average Bonchev–Trinajstić information content (AvgIpc) is 3.17. The lowest BCUT2D eigenvalue weighted by Gasteiger charge is -2.20. The Kier molecular flexibility index (Phi) is 3.94. The largest absolute Gasteiger partial charge is 0.468 e. The number of ether oxygens (including phenoxy) is 2. The Morgan fingerprint density at radius 3 is 2.43 bits per heavy atom. The lowest BCUT2D eigenvalue weighted by molar-refractivity contribution is -0.143. The summed E-state index contributed by atoms with van der Waals surface area (Å²) in [4.78, 5) is 23.7. The van der Waals surface area contributed by atoms with Gasteiger partial charge >= 0.3 is 12.1 Å². The van der Waals surface area contributed by atoms with Crippen LogP contribution in [0, 0.1) is 0 Å². The predicted molar refractivity (Wildman–Crippen MR) is 79.2 cm³/mol. The zero-order valence-corrected chi connectivity index (χ0v) is 12.9. The Bertz CT molecular complexity index is 556. The zero-order chi connectivity index (χ0) is 15.7. The van der Waals surface area contributed by atoms with Gasteiger partial charge in [0, 0.05) is 5.69 Å². The summed E-state index contributed by atoms with van der Waals surface area (Å²) in [5.74, 6) is -0.225. The standard InChI is InChI=1S/C16H21NO4/c1-15(2,3)21-14(19)17-12-7-5-6-11(10-12)16(8-9-16)13(18)20-4/h5-7,10H,8-9H2,1-4H3,(H,17,19). The highest BCUT2D eigenvalue weighted by molar-refractivity contribution is 5.88. The van der Waals surface area contributed by atoms with Crippen LogP contribution in [-0.4, -0.2) is 24.8 Å². The summed E-state index contributed by atoms with van der Waals surface area (Å²) in [6, 6.07) is 7.25. The number of rotatable bonds is 3. The molecule has 0 radical (unpaired) electrons. The Balaban J connectivity index is 2.12. The molecule has 1 saturated carbocycles. The number of benzene rings is 1. The molecule has 5 nitrogen and oxygen atoms in total. The maximum Gasteiger partial charge on any atom is 0.412 e. The fraction of sp³-hybridized carbons (Fsp3) is 0.500. The van der Waals surface area contributed by atoms with Crippen LogP contribution in [0.1, 0.15) is 39.2 Å². The lowest BCUT2D eigenvalue weighted by atomic mass is 9.96. The van der Waals surface area contributed by atoms with Crippen LogP contribution < -0.4 is 5.32 Å². The van der Waals surface area contributed by atoms with E-state index in [0.29, 0.717) is 5.69 Å². The molecular formula is C16H21NO4. The molecule has 0 atom stereocenters. The minimum atomic E-state index is -0.550. The molecule has 21 heavy (non-hydrogen) atoms. The van der Waals surface area contributed by atoms with Crippen LogP contribution in [0.15, 0.2) is 24.3 Å². The maximum absolute atomic E-state index is 11.9. The van der Waals surface area contributed by atoms with E-state index < -0.39 is 17.1 Å². The van der Waals surface area contributed by atoms with Crippen molar-refractivity contribution in [1.82, 2.24) is 0 Å². The van der Waals surface area contributed by atoms with E-state index in [4.69, 9.17) is 9.47 Å². The predicted octanol–water partition coefficient (Wildman–Crippen LogP) is 3.24. The molecule has 1 aliphatic carbocycles. The Hall–Kier alpha value is -2.04. The van der Waals surface area contributed by atoms with Crippen molar-refractivity contribution in [2.45, 2.75) is 44.6 Å². The molecule has 1 fully saturated rings. The molecule has 0 saturated heterocycles. The van der Waals surface area contributed by atoms with Gasteiger partial charge in [-0.15, -0.1) is 0 Å². The van der Waals surface area contributed by atoms with Crippen molar-refractivity contribution >= 4 is 17.7 Å². The summed E-state index contributed by atoms with van der Waals surface area (Å²) >= 11 is 0. The first-order valence-corrected chi connectivity index (χ1v) is 6.96. The normalized spacial score (nSPS) is 16.0. The molecule has 1 amide bonds. The fourth-order valence-corrected chi connectivity index (χ4v) is 2.25. The monoisotopic (exact) mass is 291 g/mol. The Morgan fingerprint density at radius 1 is 1.24 bits per heavy atom. The van der Waals surface area contributed by atoms with Gasteiger partial charge in [0.25, 0.3) is 0 Å². The van der Waals surface area contributed by atoms with Gasteiger partial charge < -0.3 is 9.47 Å². The highest BCUT2D eigenvalue weighted by Gasteiger charge is 2.52. The van der Waals surface area contributed by atoms with Gasteiger partial charge in [-0.1, -0.05) is 12.1 Å². The van der Waals surface area contributed by atoms with Crippen molar-refractivity contribution < 1.29 is 19.1 Å². The van der Waals surface area contributed by atoms with Crippen LogP contribution in [0.5, 0.6) is 0 Å². The number of carbonyl (C=O) groups excluding carboxylic acids is 2. The number of hydrogen-bond acceptors (Lipinski definition) is 4. The summed E-state index contributed by atoms with van der Waals surface area (Å²) < 4.78 is 10.1. The van der Waals surface area contributed by atoms with Crippen LogP contribution in [0.25, 0.3) is 0 Å². The number of amides is 1. The van der Waals surface area contributed by atoms with E-state index in [1.165, 1.54) is 7.11 Å². The van der Waals surface area contributed by atoms with E-state index in [0.717, 1.165) is 18.4 Å². The number of methoxy groups -OCH3 is 1. The number of nitrogens with one attached hydrogen (secondary N) is 1. The summed E-state index contributed by atoms with van der Waals surface area (Å²) in [6.45, 7) is 5.42. The second kappa shape index (κ2) is 5.39. The van der Waals surface area contributed by atoms with Gasteiger partial charge in [0.1, 0.15) is 5.60 Å². The van der Waals surface area contributed by atoms with Gasteiger partial charge in [-0.05, 0) is 51.3 Å². The fourth-order valence-electron chi connectivity index (χ4n) is 2.25. The van der Waals surface area contributed by atoms with Gasteiger partial charge in [-0.25, -0.2) is 4.79 Å². The van der Waals surface area contributed by atoms with E-state index >= 15 is 0 Å². The molecule has 0 heterocycles. The molecule has 0 aliphatic heterocycles. The third-order valence-electron chi connectivity index (χ3n) is 3.39. The van der Waals surface area contributed by atoms with Crippen molar-refractivity contribution in [3.8, 4) is 0 Å². The molecule has 0 aromatic heterocycles. The van der Waals surface area contributed by atoms with Crippen LogP contribution in [0.2, 0.25) is 0 Å². The van der Waals surface area contributed by atoms with Gasteiger partial charge in [-0.2, -0.15) is 0 Å². The Morgan fingerprint density at radius 2 is 1.90 bits per heavy atom. The maximum atomic E-state index is 11.9. The van der Waals surface area contributed by atoms with Crippen molar-refractivity contribution in [2.24, 2.45) is 0 Å². The molecule has 2 rings (SSSR count). The first-order valence-electron chi connectivity index (χ1n) is 6.96. The summed E-state index contributed by atoms with van der Waals surface area (Å²) in [5, 5.41) is 2.68. The van der Waals surface area contributed by atoms with Crippen LogP contribution in [-0.2, 0) is 19.7 Å². The molecule has 1 aromatic carbocycles. The quantitative estimate of drug-likeness (QED) is 0.868. The lowest BCUT2D eigenvalue weighted by Crippen LogP contribution is -2.27. The smallest absolute Gasteiger partial charge is 0.412 e. The van der Waals surface area contributed by atoms with Gasteiger partial charge in [-0.3, -0.25) is 10.1 Å². The molecule has 0 spiro atoms. The second-order valence-electron chi connectivity index (χ2n) is 6.28. The third kappa shape index (κ3) is 3.54. The molecule has 1 aliphatic rings. The highest BCUT2D eigenvalue weighted by atomic mass is 16.6. The van der Waals surface area contributed by atoms with E-state index in [2.05, 4.69) is 5.32 Å².